The molecule has 0 bridgehead atoms. The Hall–Kier alpha value is -0.610. The second-order valence-corrected chi connectivity index (χ2v) is 6.05. The van der Waals surface area contributed by atoms with Gasteiger partial charge >= 0.3 is 0 Å². The van der Waals surface area contributed by atoms with Gasteiger partial charge in [0.15, 0.2) is 0 Å². The van der Waals surface area contributed by atoms with E-state index in [0.29, 0.717) is 4.99 Å². The average Bonchev–Trinajstić information content (AvgIpc) is 2.27. The quantitative estimate of drug-likeness (QED) is 0.859. The maximum absolute atomic E-state index is 5.64. The lowest BCUT2D eigenvalue weighted by Gasteiger charge is -2.37. The Balaban J connectivity index is 3.10. The number of benzene rings is 1. The number of nitrogens with two attached hydrogens (primary N) is 1. The van der Waals surface area contributed by atoms with Gasteiger partial charge in [0.2, 0.25) is 0 Å². The van der Waals surface area contributed by atoms with Crippen LogP contribution in [0.4, 0.5) is 5.69 Å². The highest BCUT2D eigenvalue weighted by atomic mass is 79.9. The Morgan fingerprint density at radius 1 is 1.47 bits per heavy atom. The van der Waals surface area contributed by atoms with Gasteiger partial charge in [0.05, 0.1) is 0 Å². The van der Waals surface area contributed by atoms with Gasteiger partial charge in [-0.3, -0.25) is 0 Å². The number of halogens is 1. The lowest BCUT2D eigenvalue weighted by atomic mass is 9.99. The molecule has 0 spiro atoms. The molecule has 0 atom stereocenters. The van der Waals surface area contributed by atoms with Crippen LogP contribution in [-0.2, 0) is 0 Å². The number of hydrogen-bond donors (Lipinski definition) is 1. The van der Waals surface area contributed by atoms with Gasteiger partial charge in [-0.1, -0.05) is 19.1 Å². The summed E-state index contributed by atoms with van der Waals surface area (Å²) in [5, 5.41) is 0. The molecule has 17 heavy (non-hydrogen) atoms. The molecule has 0 fully saturated rings. The molecule has 0 aromatic heterocycles. The summed E-state index contributed by atoms with van der Waals surface area (Å²) in [5.41, 5.74) is 7.81. The van der Waals surface area contributed by atoms with E-state index in [4.69, 9.17) is 18.0 Å². The topological polar surface area (TPSA) is 29.3 Å². The van der Waals surface area contributed by atoms with E-state index in [1.807, 2.05) is 6.07 Å². The predicted octanol–water partition coefficient (Wildman–Crippen LogP) is 3.71. The van der Waals surface area contributed by atoms with E-state index >= 15 is 0 Å². The largest absolute Gasteiger partial charge is 0.389 e. The first kappa shape index (κ1) is 14.5. The van der Waals surface area contributed by atoms with Crippen LogP contribution in [0.25, 0.3) is 0 Å². The Kier molecular flexibility index (Phi) is 4.55. The van der Waals surface area contributed by atoms with Crippen LogP contribution in [0, 0.1) is 0 Å². The summed E-state index contributed by atoms with van der Waals surface area (Å²) in [7, 11) is 2.10. The fourth-order valence-corrected chi connectivity index (χ4v) is 2.39. The zero-order valence-corrected chi connectivity index (χ0v) is 13.2. The second kappa shape index (κ2) is 5.36. The highest BCUT2D eigenvalue weighted by Gasteiger charge is 2.21. The Morgan fingerprint density at radius 2 is 2.06 bits per heavy atom. The van der Waals surface area contributed by atoms with Crippen LogP contribution in [0.15, 0.2) is 22.7 Å². The van der Waals surface area contributed by atoms with Crippen molar-refractivity contribution in [2.75, 3.05) is 11.9 Å². The molecule has 2 N–H and O–H groups in total. The van der Waals surface area contributed by atoms with E-state index in [1.54, 1.807) is 0 Å². The van der Waals surface area contributed by atoms with Crippen molar-refractivity contribution < 1.29 is 0 Å². The van der Waals surface area contributed by atoms with Crippen LogP contribution >= 0.6 is 28.1 Å². The van der Waals surface area contributed by atoms with Gasteiger partial charge in [-0.05, 0) is 54.4 Å². The molecule has 0 aliphatic heterocycles. The van der Waals surface area contributed by atoms with Gasteiger partial charge in [0.1, 0.15) is 4.99 Å². The molecule has 0 saturated carbocycles. The van der Waals surface area contributed by atoms with Crippen LogP contribution in [0.3, 0.4) is 0 Å². The molecule has 1 rings (SSSR count). The van der Waals surface area contributed by atoms with Gasteiger partial charge in [0, 0.05) is 28.3 Å². The third-order valence-electron chi connectivity index (χ3n) is 3.38. The lowest BCUT2D eigenvalue weighted by molar-refractivity contribution is 0.471. The predicted molar refractivity (Wildman–Crippen MR) is 82.8 cm³/mol. The highest BCUT2D eigenvalue weighted by molar-refractivity contribution is 9.10. The highest BCUT2D eigenvalue weighted by Crippen LogP contribution is 2.29. The standard InChI is InChI=1S/C13H19BrN2S/c1-5-13(2,3)16(4)9-6-7-10(12(15)17)11(14)8-9/h6-8H,5H2,1-4H3,(H2,15,17). The van der Waals surface area contributed by atoms with Crippen molar-refractivity contribution in [1.82, 2.24) is 0 Å². The van der Waals surface area contributed by atoms with Crippen molar-refractivity contribution >= 4 is 38.8 Å². The van der Waals surface area contributed by atoms with E-state index in [1.165, 1.54) is 0 Å². The fourth-order valence-electron chi connectivity index (χ4n) is 1.50. The van der Waals surface area contributed by atoms with Crippen molar-refractivity contribution in [2.24, 2.45) is 5.73 Å². The van der Waals surface area contributed by atoms with Gasteiger partial charge in [0.25, 0.3) is 0 Å². The molecule has 4 heteroatoms. The van der Waals surface area contributed by atoms with E-state index in [9.17, 15) is 0 Å². The van der Waals surface area contributed by atoms with E-state index < -0.39 is 0 Å². The zero-order chi connectivity index (χ0) is 13.2. The molecule has 0 saturated heterocycles. The van der Waals surface area contributed by atoms with E-state index in [2.05, 4.69) is 60.8 Å². The minimum atomic E-state index is 0.129. The van der Waals surface area contributed by atoms with Crippen molar-refractivity contribution in [3.05, 3.63) is 28.2 Å². The Morgan fingerprint density at radius 3 is 2.47 bits per heavy atom. The maximum Gasteiger partial charge on any atom is 0.105 e. The third-order valence-corrected chi connectivity index (χ3v) is 4.25. The van der Waals surface area contributed by atoms with Gasteiger partial charge < -0.3 is 10.6 Å². The first-order valence-corrected chi connectivity index (χ1v) is 6.83. The summed E-state index contributed by atoms with van der Waals surface area (Å²) in [4.78, 5) is 2.68. The van der Waals surface area contributed by atoms with E-state index in [-0.39, 0.29) is 5.54 Å². The minimum Gasteiger partial charge on any atom is -0.389 e. The Labute approximate surface area is 117 Å². The minimum absolute atomic E-state index is 0.129. The smallest absolute Gasteiger partial charge is 0.105 e. The number of nitrogens with zero attached hydrogens (tertiary/aromatic N) is 1. The van der Waals surface area contributed by atoms with Crippen LogP contribution < -0.4 is 10.6 Å². The molecule has 0 aliphatic carbocycles. The lowest BCUT2D eigenvalue weighted by Crippen LogP contribution is -2.40. The molecular formula is C13H19BrN2S. The number of rotatable bonds is 4. The molecule has 0 heterocycles. The van der Waals surface area contributed by atoms with Crippen molar-refractivity contribution in [1.29, 1.82) is 0 Å². The molecular weight excluding hydrogens is 296 g/mol. The molecule has 1 aromatic rings. The van der Waals surface area contributed by atoms with Gasteiger partial charge in [-0.25, -0.2) is 0 Å². The summed E-state index contributed by atoms with van der Waals surface area (Å²) in [5.74, 6) is 0. The SMILES string of the molecule is CCC(C)(C)N(C)c1ccc(C(N)=S)c(Br)c1. The summed E-state index contributed by atoms with van der Waals surface area (Å²) >= 11 is 8.50. The van der Waals surface area contributed by atoms with Crippen molar-refractivity contribution in [3.8, 4) is 0 Å². The number of thiocarbonyl (C=S) groups is 1. The Bertz CT molecular complexity index is 429. The first-order chi connectivity index (χ1) is 7.79. The summed E-state index contributed by atoms with van der Waals surface area (Å²) in [6.07, 6.45) is 1.08. The first-order valence-electron chi connectivity index (χ1n) is 5.62. The molecule has 0 aliphatic rings. The summed E-state index contributed by atoms with van der Waals surface area (Å²) < 4.78 is 0.946. The van der Waals surface area contributed by atoms with Gasteiger partial charge in [-0.2, -0.15) is 0 Å². The maximum atomic E-state index is 5.64. The van der Waals surface area contributed by atoms with Crippen LogP contribution in [0.1, 0.15) is 32.8 Å². The molecule has 2 nitrogen and oxygen atoms in total. The zero-order valence-electron chi connectivity index (χ0n) is 10.7. The fraction of sp³-hybridized carbons (Fsp3) is 0.462. The third kappa shape index (κ3) is 3.19. The molecule has 0 unspecified atom stereocenters. The second-order valence-electron chi connectivity index (χ2n) is 4.75. The van der Waals surface area contributed by atoms with Crippen LogP contribution in [0.5, 0.6) is 0 Å². The van der Waals surface area contributed by atoms with Crippen LogP contribution in [0.2, 0.25) is 0 Å². The molecule has 94 valence electrons. The van der Waals surface area contributed by atoms with Crippen molar-refractivity contribution in [3.63, 3.8) is 0 Å². The van der Waals surface area contributed by atoms with E-state index in [0.717, 1.165) is 22.1 Å². The monoisotopic (exact) mass is 314 g/mol. The number of hydrogen-bond acceptors (Lipinski definition) is 2. The van der Waals surface area contributed by atoms with Crippen LogP contribution in [-0.4, -0.2) is 17.6 Å². The normalized spacial score (nSPS) is 11.4. The summed E-state index contributed by atoms with van der Waals surface area (Å²) in [6, 6.07) is 6.08. The molecule has 1 aromatic carbocycles. The molecule has 0 amide bonds. The molecule has 0 radical (unpaired) electrons. The van der Waals surface area contributed by atoms with Crippen molar-refractivity contribution in [2.45, 2.75) is 32.7 Å². The summed E-state index contributed by atoms with van der Waals surface area (Å²) in [6.45, 7) is 6.64. The number of anilines is 1. The van der Waals surface area contributed by atoms with Gasteiger partial charge in [-0.15, -0.1) is 0 Å². The average molecular weight is 315 g/mol.